The van der Waals surface area contributed by atoms with Crippen molar-refractivity contribution in [3.8, 4) is 0 Å². The molecular weight excluding hydrogens is 397 g/mol. The maximum atomic E-state index is 13.2. The van der Waals surface area contributed by atoms with E-state index in [9.17, 15) is 9.50 Å². The minimum absolute atomic E-state index is 0.0101. The Hall–Kier alpha value is -3.33. The Bertz CT molecular complexity index is 954. The van der Waals surface area contributed by atoms with Gasteiger partial charge in [0.2, 0.25) is 5.95 Å². The fraction of sp³-hybridized carbons (Fsp3) is 0.364. The van der Waals surface area contributed by atoms with Crippen LogP contribution in [0.15, 0.2) is 48.9 Å². The van der Waals surface area contributed by atoms with Crippen molar-refractivity contribution < 1.29 is 9.50 Å². The van der Waals surface area contributed by atoms with E-state index in [4.69, 9.17) is 0 Å². The van der Waals surface area contributed by atoms with Crippen molar-refractivity contribution in [2.24, 2.45) is 5.92 Å². The van der Waals surface area contributed by atoms with Gasteiger partial charge in [0.25, 0.3) is 0 Å². The number of halogens is 1. The second kappa shape index (κ2) is 10.6. The number of aromatic nitrogens is 4. The van der Waals surface area contributed by atoms with Crippen LogP contribution >= 0.6 is 0 Å². The summed E-state index contributed by atoms with van der Waals surface area (Å²) in [5.74, 6) is 2.15. The molecule has 0 spiro atoms. The standard InChI is InChI=1S/C22H28FN7O/c1-14(2)10-18(13-31)27-19-11-20(28-21-12-24-8-9-25-21)30-22(29-19)26-15(3)16-4-6-17(23)7-5-16/h4-9,11-12,14-15,18,31H,10,13H2,1-3H3,(H3,25,26,27,28,29,30)/t15-,18-/m0/s1. The molecule has 2 heterocycles. The largest absolute Gasteiger partial charge is 0.394 e. The van der Waals surface area contributed by atoms with E-state index < -0.39 is 0 Å². The van der Waals surface area contributed by atoms with Crippen LogP contribution in [0.4, 0.5) is 27.8 Å². The molecular formula is C22H28FN7O. The first-order valence-electron chi connectivity index (χ1n) is 10.2. The lowest BCUT2D eigenvalue weighted by Gasteiger charge is -2.21. The van der Waals surface area contributed by atoms with Crippen LogP contribution in [0.2, 0.25) is 0 Å². The Labute approximate surface area is 181 Å². The molecule has 1 aromatic carbocycles. The molecule has 0 aliphatic rings. The second-order valence-electron chi connectivity index (χ2n) is 7.75. The van der Waals surface area contributed by atoms with E-state index in [0.29, 0.717) is 29.3 Å². The van der Waals surface area contributed by atoms with Gasteiger partial charge in [-0.25, -0.2) is 9.37 Å². The summed E-state index contributed by atoms with van der Waals surface area (Å²) in [7, 11) is 0. The van der Waals surface area contributed by atoms with Crippen molar-refractivity contribution in [3.63, 3.8) is 0 Å². The summed E-state index contributed by atoms with van der Waals surface area (Å²) in [5, 5.41) is 19.4. The SMILES string of the molecule is CC(C)C[C@@H](CO)Nc1cc(Nc2cnccn2)nc(N[C@@H](C)c2ccc(F)cc2)n1. The van der Waals surface area contributed by atoms with Crippen molar-refractivity contribution in [2.45, 2.75) is 39.3 Å². The van der Waals surface area contributed by atoms with Gasteiger partial charge >= 0.3 is 0 Å². The number of anilines is 4. The summed E-state index contributed by atoms with van der Waals surface area (Å²) in [4.78, 5) is 17.4. The molecule has 0 fully saturated rings. The fourth-order valence-corrected chi connectivity index (χ4v) is 3.13. The van der Waals surface area contributed by atoms with Gasteiger partial charge in [-0.15, -0.1) is 0 Å². The van der Waals surface area contributed by atoms with E-state index in [1.807, 2.05) is 6.92 Å². The molecule has 0 radical (unpaired) electrons. The summed E-state index contributed by atoms with van der Waals surface area (Å²) in [6.45, 7) is 6.14. The highest BCUT2D eigenvalue weighted by atomic mass is 19.1. The van der Waals surface area contributed by atoms with Gasteiger partial charge in [0.1, 0.15) is 23.3 Å². The number of nitrogens with one attached hydrogen (secondary N) is 3. The van der Waals surface area contributed by atoms with Crippen LogP contribution in [-0.2, 0) is 0 Å². The normalized spacial score (nSPS) is 13.0. The van der Waals surface area contributed by atoms with Crippen molar-refractivity contribution in [3.05, 3.63) is 60.3 Å². The fourth-order valence-electron chi connectivity index (χ4n) is 3.13. The lowest BCUT2D eigenvalue weighted by atomic mass is 10.0. The maximum Gasteiger partial charge on any atom is 0.227 e. The van der Waals surface area contributed by atoms with Gasteiger partial charge in [-0.2, -0.15) is 9.97 Å². The van der Waals surface area contributed by atoms with Crippen LogP contribution in [0.25, 0.3) is 0 Å². The van der Waals surface area contributed by atoms with Crippen LogP contribution in [-0.4, -0.2) is 37.7 Å². The van der Waals surface area contributed by atoms with Crippen LogP contribution in [0.3, 0.4) is 0 Å². The Morgan fingerprint density at radius 2 is 1.71 bits per heavy atom. The molecule has 0 saturated carbocycles. The van der Waals surface area contributed by atoms with Crippen LogP contribution in [0.5, 0.6) is 0 Å². The molecule has 31 heavy (non-hydrogen) atoms. The number of rotatable bonds is 10. The lowest BCUT2D eigenvalue weighted by molar-refractivity contribution is 0.259. The summed E-state index contributed by atoms with van der Waals surface area (Å²) in [6.07, 6.45) is 5.57. The Kier molecular flexibility index (Phi) is 7.66. The van der Waals surface area contributed by atoms with Crippen LogP contribution in [0, 0.1) is 11.7 Å². The molecule has 2 atom stereocenters. The molecule has 164 valence electrons. The quantitative estimate of drug-likeness (QED) is 0.384. The minimum atomic E-state index is -0.283. The molecule has 3 rings (SSSR count). The van der Waals surface area contributed by atoms with E-state index in [-0.39, 0.29) is 24.5 Å². The molecule has 2 aromatic heterocycles. The monoisotopic (exact) mass is 425 g/mol. The van der Waals surface area contributed by atoms with E-state index >= 15 is 0 Å². The molecule has 0 saturated heterocycles. The van der Waals surface area contributed by atoms with Crippen molar-refractivity contribution in [1.82, 2.24) is 19.9 Å². The first kappa shape index (κ1) is 22.4. The van der Waals surface area contributed by atoms with Crippen molar-refractivity contribution in [2.75, 3.05) is 22.6 Å². The van der Waals surface area contributed by atoms with Crippen LogP contribution in [0.1, 0.15) is 38.8 Å². The van der Waals surface area contributed by atoms with E-state index in [1.165, 1.54) is 12.1 Å². The first-order chi connectivity index (χ1) is 14.9. The number of hydrogen-bond donors (Lipinski definition) is 4. The van der Waals surface area contributed by atoms with Crippen molar-refractivity contribution >= 4 is 23.4 Å². The average Bonchev–Trinajstić information content (AvgIpc) is 2.74. The Morgan fingerprint density at radius 1 is 0.968 bits per heavy atom. The molecule has 9 heteroatoms. The molecule has 0 unspecified atom stereocenters. The summed E-state index contributed by atoms with van der Waals surface area (Å²) < 4.78 is 13.2. The van der Waals surface area contributed by atoms with Gasteiger partial charge in [0.15, 0.2) is 0 Å². The molecule has 8 nitrogen and oxygen atoms in total. The van der Waals surface area contributed by atoms with E-state index in [2.05, 4.69) is 49.7 Å². The zero-order valence-corrected chi connectivity index (χ0v) is 17.9. The number of aliphatic hydroxyl groups excluding tert-OH is 1. The number of hydrogen-bond acceptors (Lipinski definition) is 8. The average molecular weight is 426 g/mol. The summed E-state index contributed by atoms with van der Waals surface area (Å²) in [6, 6.07) is 7.75. The maximum absolute atomic E-state index is 13.2. The summed E-state index contributed by atoms with van der Waals surface area (Å²) >= 11 is 0. The zero-order chi connectivity index (χ0) is 22.2. The first-order valence-corrected chi connectivity index (χ1v) is 10.2. The Balaban J connectivity index is 1.85. The Morgan fingerprint density at radius 3 is 2.35 bits per heavy atom. The molecule has 0 aliphatic heterocycles. The topological polar surface area (TPSA) is 108 Å². The number of benzene rings is 1. The third kappa shape index (κ3) is 6.85. The number of aliphatic hydroxyl groups is 1. The third-order valence-corrected chi connectivity index (χ3v) is 4.59. The third-order valence-electron chi connectivity index (χ3n) is 4.59. The van der Waals surface area contributed by atoms with Gasteiger partial charge in [0, 0.05) is 18.5 Å². The lowest BCUT2D eigenvalue weighted by Crippen LogP contribution is -2.26. The van der Waals surface area contributed by atoms with Gasteiger partial charge in [-0.1, -0.05) is 26.0 Å². The van der Waals surface area contributed by atoms with Gasteiger partial charge in [0.05, 0.1) is 24.9 Å². The predicted molar refractivity (Wildman–Crippen MR) is 120 cm³/mol. The molecule has 0 aliphatic carbocycles. The van der Waals surface area contributed by atoms with E-state index in [1.54, 1.807) is 36.8 Å². The van der Waals surface area contributed by atoms with E-state index in [0.717, 1.165) is 12.0 Å². The smallest absolute Gasteiger partial charge is 0.227 e. The highest BCUT2D eigenvalue weighted by Gasteiger charge is 2.14. The highest BCUT2D eigenvalue weighted by Crippen LogP contribution is 2.23. The molecule has 3 aromatic rings. The van der Waals surface area contributed by atoms with Gasteiger partial charge < -0.3 is 21.1 Å². The van der Waals surface area contributed by atoms with Crippen LogP contribution < -0.4 is 16.0 Å². The summed E-state index contributed by atoms with van der Waals surface area (Å²) in [5.41, 5.74) is 0.903. The number of nitrogens with zero attached hydrogens (tertiary/aromatic N) is 4. The minimum Gasteiger partial charge on any atom is -0.394 e. The molecule has 0 amide bonds. The second-order valence-corrected chi connectivity index (χ2v) is 7.75. The zero-order valence-electron chi connectivity index (χ0n) is 17.9. The van der Waals surface area contributed by atoms with Crippen molar-refractivity contribution in [1.29, 1.82) is 0 Å². The molecule has 0 bridgehead atoms. The van der Waals surface area contributed by atoms with Gasteiger partial charge in [-0.05, 0) is 37.0 Å². The predicted octanol–water partition coefficient (Wildman–Crippen LogP) is 4.14. The molecule has 4 N–H and O–H groups in total. The highest BCUT2D eigenvalue weighted by molar-refractivity contribution is 5.58. The van der Waals surface area contributed by atoms with Gasteiger partial charge in [-0.3, -0.25) is 4.98 Å².